The minimum atomic E-state index is -4.18. The summed E-state index contributed by atoms with van der Waals surface area (Å²) in [5.74, 6) is 1.19. The van der Waals surface area contributed by atoms with E-state index >= 15 is 0 Å². The first-order chi connectivity index (χ1) is 8.98. The predicted molar refractivity (Wildman–Crippen MR) is 62.6 cm³/mol. The van der Waals surface area contributed by atoms with Crippen molar-refractivity contribution in [1.29, 1.82) is 0 Å². The fourth-order valence-electron chi connectivity index (χ4n) is 2.08. The van der Waals surface area contributed by atoms with Crippen molar-refractivity contribution < 1.29 is 17.7 Å². The molecule has 0 saturated heterocycles. The van der Waals surface area contributed by atoms with Gasteiger partial charge >= 0.3 is 6.18 Å². The van der Waals surface area contributed by atoms with E-state index in [2.05, 4.69) is 15.5 Å². The maximum Gasteiger partial charge on any atom is 0.389 e. The second kappa shape index (κ2) is 5.90. The van der Waals surface area contributed by atoms with E-state index in [1.165, 1.54) is 12.8 Å². The maximum atomic E-state index is 12.1. The van der Waals surface area contributed by atoms with E-state index in [-0.39, 0.29) is 12.2 Å². The Hall–Kier alpha value is -1.11. The van der Waals surface area contributed by atoms with Crippen LogP contribution >= 0.6 is 0 Å². The lowest BCUT2D eigenvalue weighted by atomic mass is 10.1. The lowest BCUT2D eigenvalue weighted by molar-refractivity contribution is -0.134. The van der Waals surface area contributed by atoms with Crippen LogP contribution < -0.4 is 5.32 Å². The van der Waals surface area contributed by atoms with E-state index in [0.29, 0.717) is 24.3 Å². The van der Waals surface area contributed by atoms with Gasteiger partial charge < -0.3 is 9.84 Å². The van der Waals surface area contributed by atoms with Crippen LogP contribution in [0.25, 0.3) is 0 Å². The molecule has 0 spiro atoms. The van der Waals surface area contributed by atoms with Crippen molar-refractivity contribution in [1.82, 2.24) is 15.5 Å². The number of nitrogens with one attached hydrogen (secondary N) is 1. The van der Waals surface area contributed by atoms with E-state index in [9.17, 15) is 13.2 Å². The summed E-state index contributed by atoms with van der Waals surface area (Å²) in [6.07, 6.45) is -2.34. The molecule has 0 bridgehead atoms. The van der Waals surface area contributed by atoms with Gasteiger partial charge in [0.25, 0.3) is 0 Å². The van der Waals surface area contributed by atoms with Crippen LogP contribution in [0, 0.1) is 5.92 Å². The number of likely N-dealkylation sites (N-methyl/N-ethyl adjacent to an activating group) is 1. The van der Waals surface area contributed by atoms with Crippen LogP contribution in [0.2, 0.25) is 0 Å². The Balaban J connectivity index is 1.85. The number of hydrogen-bond donors (Lipinski definition) is 1. The second-order valence-electron chi connectivity index (χ2n) is 4.93. The molecule has 1 aromatic heterocycles. The number of hydrogen-bond acceptors (Lipinski definition) is 4. The Morgan fingerprint density at radius 1 is 1.42 bits per heavy atom. The topological polar surface area (TPSA) is 51.0 Å². The van der Waals surface area contributed by atoms with Gasteiger partial charge in [-0.15, -0.1) is 0 Å². The summed E-state index contributed by atoms with van der Waals surface area (Å²) in [7, 11) is 0. The monoisotopic (exact) mass is 277 g/mol. The van der Waals surface area contributed by atoms with E-state index < -0.39 is 12.6 Å². The van der Waals surface area contributed by atoms with Crippen molar-refractivity contribution >= 4 is 0 Å². The van der Waals surface area contributed by atoms with Gasteiger partial charge in [-0.2, -0.15) is 18.2 Å². The van der Waals surface area contributed by atoms with Gasteiger partial charge in [0.2, 0.25) is 5.89 Å². The summed E-state index contributed by atoms with van der Waals surface area (Å²) in [4.78, 5) is 4.03. The minimum absolute atomic E-state index is 0.137. The highest BCUT2D eigenvalue weighted by atomic mass is 19.4. The average molecular weight is 277 g/mol. The second-order valence-corrected chi connectivity index (χ2v) is 4.93. The number of aromatic nitrogens is 2. The zero-order chi connectivity index (χ0) is 13.9. The van der Waals surface area contributed by atoms with Crippen LogP contribution in [-0.4, -0.2) is 28.9 Å². The van der Waals surface area contributed by atoms with Crippen molar-refractivity contribution in [2.75, 3.05) is 6.54 Å². The molecule has 108 valence electrons. The third kappa shape index (κ3) is 4.81. The number of rotatable bonds is 7. The molecule has 19 heavy (non-hydrogen) atoms. The number of nitrogens with zero attached hydrogens (tertiary/aromatic N) is 2. The van der Waals surface area contributed by atoms with Crippen molar-refractivity contribution in [2.24, 2.45) is 5.92 Å². The highest BCUT2D eigenvalue weighted by molar-refractivity contribution is 4.95. The number of halogens is 3. The molecule has 1 aliphatic rings. The van der Waals surface area contributed by atoms with Gasteiger partial charge in [0, 0.05) is 18.9 Å². The lowest BCUT2D eigenvalue weighted by Crippen LogP contribution is -2.33. The van der Waals surface area contributed by atoms with E-state index in [1.54, 1.807) is 0 Å². The van der Waals surface area contributed by atoms with Crippen molar-refractivity contribution in [2.45, 2.75) is 51.2 Å². The predicted octanol–water partition coefficient (Wildman–Crippen LogP) is 2.50. The molecule has 1 N–H and O–H groups in total. The molecule has 0 radical (unpaired) electrons. The zero-order valence-electron chi connectivity index (χ0n) is 10.8. The molecule has 2 rings (SSSR count). The Bertz CT molecular complexity index is 401. The van der Waals surface area contributed by atoms with Crippen LogP contribution in [0.3, 0.4) is 0 Å². The summed E-state index contributed by atoms with van der Waals surface area (Å²) in [5.41, 5.74) is 0. The Morgan fingerprint density at radius 3 is 2.74 bits per heavy atom. The molecule has 0 amide bonds. The molecule has 1 aliphatic carbocycles. The smallest absolute Gasteiger partial charge is 0.339 e. The van der Waals surface area contributed by atoms with Gasteiger partial charge in [0.15, 0.2) is 5.82 Å². The maximum absolute atomic E-state index is 12.1. The molecule has 1 aromatic rings. The molecule has 0 aliphatic heterocycles. The van der Waals surface area contributed by atoms with Crippen molar-refractivity contribution in [3.05, 3.63) is 11.7 Å². The van der Waals surface area contributed by atoms with Gasteiger partial charge in [0.1, 0.15) is 0 Å². The quantitative estimate of drug-likeness (QED) is 0.832. The summed E-state index contributed by atoms with van der Waals surface area (Å²) in [6, 6.07) is 0.293. The van der Waals surface area contributed by atoms with Crippen LogP contribution in [-0.2, 0) is 12.8 Å². The Morgan fingerprint density at radius 2 is 2.16 bits per heavy atom. The lowest BCUT2D eigenvalue weighted by Gasteiger charge is -2.14. The van der Waals surface area contributed by atoms with Crippen LogP contribution in [0.1, 0.15) is 37.9 Å². The van der Waals surface area contributed by atoms with Gasteiger partial charge in [0.05, 0.1) is 6.42 Å². The largest absolute Gasteiger partial charge is 0.389 e. The van der Waals surface area contributed by atoms with Gasteiger partial charge in [-0.1, -0.05) is 12.1 Å². The van der Waals surface area contributed by atoms with Gasteiger partial charge in [-0.3, -0.25) is 0 Å². The Kier molecular flexibility index (Phi) is 4.44. The molecule has 1 fully saturated rings. The molecule has 1 saturated carbocycles. The molecular formula is C12H18F3N3O. The van der Waals surface area contributed by atoms with Crippen LogP contribution in [0.15, 0.2) is 4.52 Å². The minimum Gasteiger partial charge on any atom is -0.339 e. The van der Waals surface area contributed by atoms with Gasteiger partial charge in [-0.25, -0.2) is 0 Å². The fraction of sp³-hybridized carbons (Fsp3) is 0.833. The summed E-state index contributed by atoms with van der Waals surface area (Å²) in [6.45, 7) is 2.88. The first-order valence-electron chi connectivity index (χ1n) is 6.59. The molecule has 1 heterocycles. The third-order valence-electron chi connectivity index (χ3n) is 3.19. The number of aryl methyl sites for hydroxylation is 1. The molecule has 1 unspecified atom stereocenters. The SMILES string of the molecule is CCNC(Cc1nc(CCC(F)(F)F)no1)C1CC1. The highest BCUT2D eigenvalue weighted by Crippen LogP contribution is 2.33. The van der Waals surface area contributed by atoms with Crippen molar-refractivity contribution in [3.8, 4) is 0 Å². The normalized spacial score (nSPS) is 17.7. The standard InChI is InChI=1S/C12H18F3N3O/c1-2-16-9(8-3-4-8)7-11-17-10(18-19-11)5-6-12(13,14)15/h8-9,16H,2-7H2,1H3. The summed E-state index contributed by atoms with van der Waals surface area (Å²) < 4.78 is 41.2. The van der Waals surface area contributed by atoms with E-state index in [0.717, 1.165) is 6.54 Å². The molecular weight excluding hydrogens is 259 g/mol. The molecule has 0 aromatic carbocycles. The summed E-state index contributed by atoms with van der Waals surface area (Å²) >= 11 is 0. The first kappa shape index (κ1) is 14.3. The molecule has 1 atom stereocenters. The average Bonchev–Trinajstić information content (AvgIpc) is 3.07. The van der Waals surface area contributed by atoms with Crippen LogP contribution in [0.5, 0.6) is 0 Å². The zero-order valence-corrected chi connectivity index (χ0v) is 10.8. The van der Waals surface area contributed by atoms with Crippen molar-refractivity contribution in [3.63, 3.8) is 0 Å². The molecule has 4 nitrogen and oxygen atoms in total. The fourth-order valence-corrected chi connectivity index (χ4v) is 2.08. The van der Waals surface area contributed by atoms with Crippen LogP contribution in [0.4, 0.5) is 13.2 Å². The van der Waals surface area contributed by atoms with E-state index in [1.807, 2.05) is 6.92 Å². The highest BCUT2D eigenvalue weighted by Gasteiger charge is 2.32. The third-order valence-corrected chi connectivity index (χ3v) is 3.19. The molecule has 7 heteroatoms. The Labute approximate surface area is 109 Å². The van der Waals surface area contributed by atoms with E-state index in [4.69, 9.17) is 4.52 Å². The van der Waals surface area contributed by atoms with Gasteiger partial charge in [-0.05, 0) is 25.3 Å². The summed E-state index contributed by atoms with van der Waals surface area (Å²) in [5, 5.41) is 6.95. The first-order valence-corrected chi connectivity index (χ1v) is 6.59. The number of alkyl halides is 3.